The average molecular weight is 222 g/mol. The molecule has 0 saturated carbocycles. The molecule has 0 heterocycles. The molecule has 0 unspecified atom stereocenters. The van der Waals surface area contributed by atoms with Crippen molar-refractivity contribution in [3.8, 4) is 11.8 Å². The second kappa shape index (κ2) is 12.3. The van der Waals surface area contributed by atoms with Crippen LogP contribution in [0, 0.1) is 11.8 Å². The Balaban J connectivity index is 3.46. The van der Waals surface area contributed by atoms with E-state index in [1.165, 1.54) is 25.7 Å². The first kappa shape index (κ1) is 15.3. The molecule has 1 atom stereocenters. The molecule has 0 fully saturated rings. The summed E-state index contributed by atoms with van der Waals surface area (Å²) in [5.74, 6) is 5.98. The van der Waals surface area contributed by atoms with E-state index in [1.54, 1.807) is 0 Å². The third kappa shape index (κ3) is 11.3. The van der Waals surface area contributed by atoms with E-state index in [9.17, 15) is 5.11 Å². The number of rotatable bonds is 8. The van der Waals surface area contributed by atoms with Crippen LogP contribution in [-0.2, 0) is 0 Å². The van der Waals surface area contributed by atoms with Gasteiger partial charge in [0.05, 0.1) is 6.10 Å². The second-order valence-electron chi connectivity index (χ2n) is 4.22. The van der Waals surface area contributed by atoms with Gasteiger partial charge in [0.25, 0.3) is 0 Å². The molecule has 1 heteroatoms. The van der Waals surface area contributed by atoms with Gasteiger partial charge in [-0.2, -0.15) is 0 Å². The highest BCUT2D eigenvalue weighted by molar-refractivity contribution is 5.15. The molecule has 0 aromatic rings. The molecule has 0 rings (SSSR count). The zero-order valence-corrected chi connectivity index (χ0v) is 10.8. The zero-order chi connectivity index (χ0) is 12.1. The summed E-state index contributed by atoms with van der Waals surface area (Å²) in [6, 6.07) is 0. The van der Waals surface area contributed by atoms with Gasteiger partial charge in [0.2, 0.25) is 0 Å². The predicted molar refractivity (Wildman–Crippen MR) is 71.2 cm³/mol. The van der Waals surface area contributed by atoms with Gasteiger partial charge in [-0.05, 0) is 18.9 Å². The molecule has 0 aliphatic rings. The van der Waals surface area contributed by atoms with Crippen molar-refractivity contribution >= 4 is 0 Å². The maximum Gasteiger partial charge on any atom is 0.0649 e. The lowest BCUT2D eigenvalue weighted by Crippen LogP contribution is -2.04. The zero-order valence-electron chi connectivity index (χ0n) is 10.8. The number of allylic oxidation sites excluding steroid dienone is 2. The topological polar surface area (TPSA) is 20.2 Å². The molecule has 0 bridgehead atoms. The fourth-order valence-electron chi connectivity index (χ4n) is 1.43. The minimum atomic E-state index is -0.233. The van der Waals surface area contributed by atoms with E-state index < -0.39 is 0 Å². The molecular formula is C15H26O. The van der Waals surface area contributed by atoms with Gasteiger partial charge in [-0.3, -0.25) is 0 Å². The van der Waals surface area contributed by atoms with E-state index in [1.807, 2.05) is 6.08 Å². The Hall–Kier alpha value is -0.740. The fraction of sp³-hybridized carbons (Fsp3) is 0.733. The van der Waals surface area contributed by atoms with E-state index >= 15 is 0 Å². The van der Waals surface area contributed by atoms with E-state index in [2.05, 4.69) is 31.8 Å². The van der Waals surface area contributed by atoms with Crippen molar-refractivity contribution in [2.24, 2.45) is 0 Å². The molecule has 16 heavy (non-hydrogen) atoms. The van der Waals surface area contributed by atoms with Gasteiger partial charge < -0.3 is 5.11 Å². The molecule has 0 aliphatic heterocycles. The maximum atomic E-state index is 9.59. The first-order chi connectivity index (χ1) is 7.81. The molecule has 0 amide bonds. The van der Waals surface area contributed by atoms with Gasteiger partial charge in [0.1, 0.15) is 0 Å². The van der Waals surface area contributed by atoms with E-state index in [-0.39, 0.29) is 6.10 Å². The van der Waals surface area contributed by atoms with Gasteiger partial charge in [0, 0.05) is 6.42 Å². The monoisotopic (exact) mass is 222 g/mol. The highest BCUT2D eigenvalue weighted by Crippen LogP contribution is 2.05. The summed E-state index contributed by atoms with van der Waals surface area (Å²) in [5, 5.41) is 9.59. The Morgan fingerprint density at radius 1 is 1.12 bits per heavy atom. The number of unbranched alkanes of at least 4 members (excludes halogenated alkanes) is 4. The van der Waals surface area contributed by atoms with Crippen molar-refractivity contribution < 1.29 is 5.11 Å². The van der Waals surface area contributed by atoms with Crippen LogP contribution in [0.1, 0.15) is 65.2 Å². The summed E-state index contributed by atoms with van der Waals surface area (Å²) in [5.41, 5.74) is 0. The Labute approximate surface area is 101 Å². The Kier molecular flexibility index (Phi) is 11.8. The summed E-state index contributed by atoms with van der Waals surface area (Å²) in [4.78, 5) is 0. The largest absolute Gasteiger partial charge is 0.392 e. The summed E-state index contributed by atoms with van der Waals surface area (Å²) in [6.45, 7) is 4.36. The molecule has 0 saturated heterocycles. The number of hydrogen-bond donors (Lipinski definition) is 1. The fourth-order valence-corrected chi connectivity index (χ4v) is 1.43. The van der Waals surface area contributed by atoms with Crippen LogP contribution in [0.5, 0.6) is 0 Å². The minimum Gasteiger partial charge on any atom is -0.392 e. The Bertz CT molecular complexity index is 219. The quantitative estimate of drug-likeness (QED) is 0.485. The van der Waals surface area contributed by atoms with Crippen LogP contribution in [0.15, 0.2) is 12.2 Å². The highest BCUT2D eigenvalue weighted by Gasteiger charge is 1.99. The molecular weight excluding hydrogens is 196 g/mol. The van der Waals surface area contributed by atoms with Crippen molar-refractivity contribution in [1.82, 2.24) is 0 Å². The molecule has 1 nitrogen and oxygen atoms in total. The van der Waals surface area contributed by atoms with Crippen LogP contribution in [0.3, 0.4) is 0 Å². The highest BCUT2D eigenvalue weighted by atomic mass is 16.3. The standard InChI is InChI=1S/C15H26O/c1-3-5-7-8-9-10-12-14-15(16)13-11-6-4-2/h8-9,15-16H,3-7,11,13-14H2,1-2H3/b9-8+/t15-/m0/s1. The third-order valence-electron chi connectivity index (χ3n) is 2.51. The summed E-state index contributed by atoms with van der Waals surface area (Å²) >= 11 is 0. The lowest BCUT2D eigenvalue weighted by Gasteiger charge is -2.04. The second-order valence-corrected chi connectivity index (χ2v) is 4.22. The molecule has 0 spiro atoms. The van der Waals surface area contributed by atoms with Crippen LogP contribution in [0.25, 0.3) is 0 Å². The minimum absolute atomic E-state index is 0.233. The number of aliphatic hydroxyl groups excluding tert-OH is 1. The van der Waals surface area contributed by atoms with Crippen molar-refractivity contribution in [3.05, 3.63) is 12.2 Å². The third-order valence-corrected chi connectivity index (χ3v) is 2.51. The molecule has 0 aromatic heterocycles. The van der Waals surface area contributed by atoms with Crippen molar-refractivity contribution in [2.45, 2.75) is 71.3 Å². The first-order valence-corrected chi connectivity index (χ1v) is 6.62. The van der Waals surface area contributed by atoms with Crippen molar-refractivity contribution in [2.75, 3.05) is 0 Å². The van der Waals surface area contributed by atoms with Crippen molar-refractivity contribution in [1.29, 1.82) is 0 Å². The average Bonchev–Trinajstić information content (AvgIpc) is 2.28. The van der Waals surface area contributed by atoms with E-state index in [0.29, 0.717) is 6.42 Å². The van der Waals surface area contributed by atoms with Gasteiger partial charge in [-0.1, -0.05) is 63.9 Å². The van der Waals surface area contributed by atoms with Gasteiger partial charge >= 0.3 is 0 Å². The lowest BCUT2D eigenvalue weighted by atomic mass is 10.1. The lowest BCUT2D eigenvalue weighted by molar-refractivity contribution is 0.166. The molecule has 1 N–H and O–H groups in total. The molecule has 92 valence electrons. The maximum absolute atomic E-state index is 9.59. The number of aliphatic hydroxyl groups is 1. The molecule has 0 radical (unpaired) electrons. The van der Waals surface area contributed by atoms with Crippen LogP contribution in [0.4, 0.5) is 0 Å². The van der Waals surface area contributed by atoms with E-state index in [4.69, 9.17) is 0 Å². The Morgan fingerprint density at radius 3 is 2.56 bits per heavy atom. The Morgan fingerprint density at radius 2 is 1.88 bits per heavy atom. The number of hydrogen-bond acceptors (Lipinski definition) is 1. The molecule has 0 aromatic carbocycles. The first-order valence-electron chi connectivity index (χ1n) is 6.62. The van der Waals surface area contributed by atoms with Gasteiger partial charge in [0.15, 0.2) is 0 Å². The van der Waals surface area contributed by atoms with Crippen LogP contribution < -0.4 is 0 Å². The van der Waals surface area contributed by atoms with Crippen LogP contribution in [-0.4, -0.2) is 11.2 Å². The SMILES string of the molecule is CCCC/C=C/C#CC[C@@H](O)CCCCC. The van der Waals surface area contributed by atoms with Crippen LogP contribution in [0.2, 0.25) is 0 Å². The normalized spacial score (nSPS) is 12.4. The van der Waals surface area contributed by atoms with Gasteiger partial charge in [-0.15, -0.1) is 0 Å². The van der Waals surface area contributed by atoms with E-state index in [0.717, 1.165) is 19.3 Å². The summed E-state index contributed by atoms with van der Waals surface area (Å²) in [7, 11) is 0. The predicted octanol–water partition coefficient (Wildman–Crippen LogP) is 4.07. The van der Waals surface area contributed by atoms with Crippen LogP contribution >= 0.6 is 0 Å². The smallest absolute Gasteiger partial charge is 0.0649 e. The van der Waals surface area contributed by atoms with Crippen molar-refractivity contribution in [3.63, 3.8) is 0 Å². The van der Waals surface area contributed by atoms with Gasteiger partial charge in [-0.25, -0.2) is 0 Å². The summed E-state index contributed by atoms with van der Waals surface area (Å²) < 4.78 is 0. The molecule has 0 aliphatic carbocycles. The summed E-state index contributed by atoms with van der Waals surface area (Å²) in [6.07, 6.45) is 12.4.